The molecule has 4 aromatic rings. The summed E-state index contributed by atoms with van der Waals surface area (Å²) in [6, 6.07) is 21.8. The molecule has 0 N–H and O–H groups in total. The predicted molar refractivity (Wildman–Crippen MR) is 98.7 cm³/mol. The van der Waals surface area contributed by atoms with Gasteiger partial charge in [-0.25, -0.2) is 9.78 Å². The van der Waals surface area contributed by atoms with Crippen LogP contribution in [0.4, 0.5) is 0 Å². The van der Waals surface area contributed by atoms with E-state index in [2.05, 4.69) is 21.7 Å². The Hall–Kier alpha value is -2.92. The summed E-state index contributed by atoms with van der Waals surface area (Å²) in [6.07, 6.45) is 0. The van der Waals surface area contributed by atoms with Gasteiger partial charge in [-0.15, -0.1) is 11.3 Å². The fourth-order valence-electron chi connectivity index (χ4n) is 2.77. The molecule has 2 heterocycles. The average molecular weight is 348 g/mol. The van der Waals surface area contributed by atoms with Crippen LogP contribution in [0.3, 0.4) is 0 Å². The van der Waals surface area contributed by atoms with Crippen molar-refractivity contribution in [2.45, 2.75) is 13.2 Å². The second-order valence-corrected chi connectivity index (χ2v) is 6.59. The zero-order chi connectivity index (χ0) is 17.1. The Morgan fingerprint density at radius 2 is 1.80 bits per heavy atom. The summed E-state index contributed by atoms with van der Waals surface area (Å²) < 4.78 is 7.57. The molecule has 2 aromatic carbocycles. The van der Waals surface area contributed by atoms with Crippen LogP contribution in [0.25, 0.3) is 11.0 Å². The van der Waals surface area contributed by atoms with E-state index >= 15 is 0 Å². The van der Waals surface area contributed by atoms with Gasteiger partial charge in [-0.05, 0) is 29.1 Å². The highest BCUT2D eigenvalue weighted by Crippen LogP contribution is 2.19. The molecule has 0 radical (unpaired) electrons. The van der Waals surface area contributed by atoms with Crippen molar-refractivity contribution in [2.75, 3.05) is 0 Å². The minimum atomic E-state index is -0.312. The molecule has 0 atom stereocenters. The van der Waals surface area contributed by atoms with Crippen molar-refractivity contribution in [3.63, 3.8) is 0 Å². The van der Waals surface area contributed by atoms with E-state index in [9.17, 15) is 4.79 Å². The lowest BCUT2D eigenvalue weighted by Gasteiger charge is -2.10. The van der Waals surface area contributed by atoms with Crippen molar-refractivity contribution < 1.29 is 9.53 Å². The number of fused-ring (bicyclic) bond motifs is 1. The Kier molecular flexibility index (Phi) is 4.31. The number of ether oxygens (including phenoxy) is 1. The summed E-state index contributed by atoms with van der Waals surface area (Å²) in [5.41, 5.74) is 3.12. The molecule has 0 unspecified atom stereocenters. The third kappa shape index (κ3) is 3.32. The molecule has 0 spiro atoms. The van der Waals surface area contributed by atoms with Crippen molar-refractivity contribution in [1.82, 2.24) is 9.55 Å². The molecule has 4 nitrogen and oxygen atoms in total. The van der Waals surface area contributed by atoms with E-state index in [4.69, 9.17) is 4.74 Å². The first-order valence-corrected chi connectivity index (χ1v) is 8.88. The highest BCUT2D eigenvalue weighted by molar-refractivity contribution is 7.11. The molecule has 0 aliphatic heterocycles. The molecule has 4 rings (SSSR count). The van der Waals surface area contributed by atoms with Crippen LogP contribution in [0.15, 0.2) is 72.1 Å². The number of benzene rings is 2. The number of para-hydroxylation sites is 2. The summed E-state index contributed by atoms with van der Waals surface area (Å²) in [7, 11) is 0. The third-order valence-corrected chi connectivity index (χ3v) is 4.82. The van der Waals surface area contributed by atoms with Gasteiger partial charge in [0.2, 0.25) is 0 Å². The number of nitrogens with zero attached hydrogens (tertiary/aromatic N) is 2. The molecule has 5 heteroatoms. The molecule has 124 valence electrons. The molecule has 0 fully saturated rings. The number of aromatic nitrogens is 2. The van der Waals surface area contributed by atoms with Gasteiger partial charge in [-0.1, -0.05) is 48.5 Å². The van der Waals surface area contributed by atoms with Crippen LogP contribution in [-0.2, 0) is 17.9 Å². The maximum absolute atomic E-state index is 12.1. The SMILES string of the molecule is O=C(OCc1nc2ccccc2n1Cc1ccccc1)c1cccs1. The molecule has 2 aromatic heterocycles. The normalized spacial score (nSPS) is 10.9. The minimum Gasteiger partial charge on any atom is -0.453 e. The second-order valence-electron chi connectivity index (χ2n) is 5.64. The van der Waals surface area contributed by atoms with E-state index in [0.717, 1.165) is 16.9 Å². The summed E-state index contributed by atoms with van der Waals surface area (Å²) in [5.74, 6) is 0.434. The maximum Gasteiger partial charge on any atom is 0.348 e. The van der Waals surface area contributed by atoms with Crippen LogP contribution in [0, 0.1) is 0 Å². The molecule has 0 saturated heterocycles. The van der Waals surface area contributed by atoms with Crippen molar-refractivity contribution in [3.8, 4) is 0 Å². The van der Waals surface area contributed by atoms with E-state index in [0.29, 0.717) is 11.4 Å². The van der Waals surface area contributed by atoms with Crippen LogP contribution in [0.2, 0.25) is 0 Å². The first kappa shape index (κ1) is 15.6. The van der Waals surface area contributed by atoms with Crippen LogP contribution >= 0.6 is 11.3 Å². The van der Waals surface area contributed by atoms with Gasteiger partial charge in [0.05, 0.1) is 11.0 Å². The largest absolute Gasteiger partial charge is 0.453 e. The molecular weight excluding hydrogens is 332 g/mol. The molecular formula is C20H16N2O2S. The standard InChI is InChI=1S/C20H16N2O2S/c23-20(18-11-6-12-25-18)24-14-19-21-16-9-4-5-10-17(16)22(19)13-15-7-2-1-3-8-15/h1-12H,13-14H2. The fourth-order valence-corrected chi connectivity index (χ4v) is 3.39. The topological polar surface area (TPSA) is 44.1 Å². The second kappa shape index (κ2) is 6.91. The van der Waals surface area contributed by atoms with Crippen LogP contribution in [-0.4, -0.2) is 15.5 Å². The monoisotopic (exact) mass is 348 g/mol. The molecule has 25 heavy (non-hydrogen) atoms. The van der Waals surface area contributed by atoms with Gasteiger partial charge >= 0.3 is 5.97 Å². The lowest BCUT2D eigenvalue weighted by Crippen LogP contribution is -2.10. The van der Waals surface area contributed by atoms with Gasteiger partial charge in [-0.2, -0.15) is 0 Å². The van der Waals surface area contributed by atoms with Crippen LogP contribution in [0.5, 0.6) is 0 Å². The van der Waals surface area contributed by atoms with Crippen molar-refractivity contribution in [2.24, 2.45) is 0 Å². The zero-order valence-corrected chi connectivity index (χ0v) is 14.3. The van der Waals surface area contributed by atoms with Gasteiger partial charge in [0.25, 0.3) is 0 Å². The predicted octanol–water partition coefficient (Wildman–Crippen LogP) is 4.50. The Morgan fingerprint density at radius 3 is 2.60 bits per heavy atom. The van der Waals surface area contributed by atoms with E-state index in [1.807, 2.05) is 53.9 Å². The number of hydrogen-bond donors (Lipinski definition) is 0. The number of carbonyl (C=O) groups is 1. The number of thiophene rings is 1. The Balaban J connectivity index is 1.63. The summed E-state index contributed by atoms with van der Waals surface area (Å²) in [4.78, 5) is 17.4. The Bertz CT molecular complexity index is 991. The lowest BCUT2D eigenvalue weighted by atomic mass is 10.2. The zero-order valence-electron chi connectivity index (χ0n) is 13.5. The Morgan fingerprint density at radius 1 is 1.00 bits per heavy atom. The average Bonchev–Trinajstić information content (AvgIpc) is 3.29. The highest BCUT2D eigenvalue weighted by atomic mass is 32.1. The first-order valence-electron chi connectivity index (χ1n) is 8.00. The van der Waals surface area contributed by atoms with Gasteiger partial charge in [0.1, 0.15) is 17.3 Å². The molecule has 0 amide bonds. The van der Waals surface area contributed by atoms with Crippen molar-refractivity contribution in [1.29, 1.82) is 0 Å². The smallest absolute Gasteiger partial charge is 0.348 e. The lowest BCUT2D eigenvalue weighted by molar-refractivity contribution is 0.0465. The van der Waals surface area contributed by atoms with Crippen LogP contribution < -0.4 is 0 Å². The Labute approximate surface area is 149 Å². The van der Waals surface area contributed by atoms with Gasteiger partial charge in [-0.3, -0.25) is 0 Å². The number of rotatable bonds is 5. The maximum atomic E-state index is 12.1. The summed E-state index contributed by atoms with van der Waals surface area (Å²) in [5, 5.41) is 1.86. The molecule has 0 saturated carbocycles. The summed E-state index contributed by atoms with van der Waals surface area (Å²) in [6.45, 7) is 0.839. The van der Waals surface area contributed by atoms with E-state index in [-0.39, 0.29) is 12.6 Å². The first-order chi connectivity index (χ1) is 12.3. The minimum absolute atomic E-state index is 0.151. The van der Waals surface area contributed by atoms with E-state index < -0.39 is 0 Å². The number of esters is 1. The molecule has 0 aliphatic rings. The summed E-state index contributed by atoms with van der Waals surface area (Å²) >= 11 is 1.38. The number of imidazole rings is 1. The molecule has 0 aliphatic carbocycles. The van der Waals surface area contributed by atoms with E-state index in [1.54, 1.807) is 6.07 Å². The fraction of sp³-hybridized carbons (Fsp3) is 0.100. The molecule has 0 bridgehead atoms. The van der Waals surface area contributed by atoms with Crippen molar-refractivity contribution in [3.05, 3.63) is 88.4 Å². The van der Waals surface area contributed by atoms with Gasteiger partial charge in [0, 0.05) is 6.54 Å². The van der Waals surface area contributed by atoms with E-state index in [1.165, 1.54) is 16.9 Å². The van der Waals surface area contributed by atoms with Gasteiger partial charge < -0.3 is 9.30 Å². The van der Waals surface area contributed by atoms with Gasteiger partial charge in [0.15, 0.2) is 0 Å². The van der Waals surface area contributed by atoms with Crippen molar-refractivity contribution >= 4 is 28.3 Å². The third-order valence-electron chi connectivity index (χ3n) is 3.97. The highest BCUT2D eigenvalue weighted by Gasteiger charge is 2.14. The number of carbonyl (C=O) groups excluding carboxylic acids is 1. The number of hydrogen-bond acceptors (Lipinski definition) is 4. The van der Waals surface area contributed by atoms with Crippen LogP contribution in [0.1, 0.15) is 21.1 Å². The quantitative estimate of drug-likeness (QED) is 0.499.